The highest BCUT2D eigenvalue weighted by atomic mass is 32.1. The van der Waals surface area contributed by atoms with Gasteiger partial charge in [-0.3, -0.25) is 0 Å². The van der Waals surface area contributed by atoms with Crippen molar-refractivity contribution in [2.45, 2.75) is 19.4 Å². The molecule has 2 N–H and O–H groups in total. The number of nitrogens with zero attached hydrogens (tertiary/aromatic N) is 1. The van der Waals surface area contributed by atoms with E-state index in [9.17, 15) is 0 Å². The topological polar surface area (TPSA) is 48.1 Å². The maximum atomic E-state index is 6.33. The van der Waals surface area contributed by atoms with Gasteiger partial charge in [-0.1, -0.05) is 24.3 Å². The van der Waals surface area contributed by atoms with Crippen LogP contribution in [-0.2, 0) is 6.42 Å². The first-order chi connectivity index (χ1) is 10.2. The fourth-order valence-electron chi connectivity index (χ4n) is 2.46. The lowest BCUT2D eigenvalue weighted by Gasteiger charge is -2.11. The minimum absolute atomic E-state index is 0.0739. The van der Waals surface area contributed by atoms with Gasteiger partial charge in [0.05, 0.1) is 23.4 Å². The molecule has 0 saturated carbocycles. The summed E-state index contributed by atoms with van der Waals surface area (Å²) in [5.41, 5.74) is 9.69. The molecule has 2 aromatic carbocycles. The van der Waals surface area contributed by atoms with Crippen molar-refractivity contribution in [1.82, 2.24) is 4.98 Å². The first kappa shape index (κ1) is 14.0. The SMILES string of the molecule is COc1ccc(CC(N)c2nc3ccccc3s2)cc1C. The fraction of sp³-hybridized carbons (Fsp3) is 0.235. The average Bonchev–Trinajstić information content (AvgIpc) is 2.91. The Labute approximate surface area is 128 Å². The molecule has 3 aromatic rings. The van der Waals surface area contributed by atoms with Crippen molar-refractivity contribution in [3.05, 3.63) is 58.6 Å². The molecule has 0 aliphatic carbocycles. The van der Waals surface area contributed by atoms with Crippen LogP contribution in [0.5, 0.6) is 5.75 Å². The zero-order valence-electron chi connectivity index (χ0n) is 12.2. The molecule has 0 saturated heterocycles. The molecule has 21 heavy (non-hydrogen) atoms. The molecule has 0 aliphatic rings. The van der Waals surface area contributed by atoms with Crippen molar-refractivity contribution >= 4 is 21.6 Å². The molecule has 0 radical (unpaired) electrons. The minimum Gasteiger partial charge on any atom is -0.496 e. The monoisotopic (exact) mass is 298 g/mol. The van der Waals surface area contributed by atoms with E-state index in [1.165, 1.54) is 10.3 Å². The molecule has 1 aromatic heterocycles. The molecular formula is C17H18N2OS. The van der Waals surface area contributed by atoms with Crippen LogP contribution in [0.2, 0.25) is 0 Å². The van der Waals surface area contributed by atoms with Gasteiger partial charge in [0.2, 0.25) is 0 Å². The highest BCUT2D eigenvalue weighted by molar-refractivity contribution is 7.18. The smallest absolute Gasteiger partial charge is 0.121 e. The quantitative estimate of drug-likeness (QED) is 0.795. The molecule has 1 heterocycles. The Bertz CT molecular complexity index is 733. The summed E-state index contributed by atoms with van der Waals surface area (Å²) in [5.74, 6) is 0.910. The number of hydrogen-bond donors (Lipinski definition) is 1. The molecule has 0 bridgehead atoms. The van der Waals surface area contributed by atoms with E-state index in [4.69, 9.17) is 10.5 Å². The van der Waals surface area contributed by atoms with Crippen LogP contribution in [0.25, 0.3) is 10.2 Å². The van der Waals surface area contributed by atoms with Crippen LogP contribution >= 0.6 is 11.3 Å². The minimum atomic E-state index is -0.0739. The van der Waals surface area contributed by atoms with Crippen LogP contribution in [-0.4, -0.2) is 12.1 Å². The van der Waals surface area contributed by atoms with Gasteiger partial charge in [-0.05, 0) is 42.7 Å². The Balaban J connectivity index is 1.82. The third-order valence-corrected chi connectivity index (χ3v) is 4.71. The first-order valence-electron chi connectivity index (χ1n) is 6.92. The van der Waals surface area contributed by atoms with Gasteiger partial charge in [-0.15, -0.1) is 11.3 Å². The van der Waals surface area contributed by atoms with Crippen molar-refractivity contribution < 1.29 is 4.74 Å². The molecule has 108 valence electrons. The summed E-state index contributed by atoms with van der Waals surface area (Å²) in [4.78, 5) is 4.63. The highest BCUT2D eigenvalue weighted by Gasteiger charge is 2.13. The number of aromatic nitrogens is 1. The van der Waals surface area contributed by atoms with E-state index >= 15 is 0 Å². The van der Waals surface area contributed by atoms with E-state index in [0.717, 1.165) is 28.3 Å². The van der Waals surface area contributed by atoms with E-state index in [0.29, 0.717) is 0 Å². The Morgan fingerprint density at radius 1 is 1.24 bits per heavy atom. The van der Waals surface area contributed by atoms with Crippen LogP contribution in [0, 0.1) is 6.92 Å². The van der Waals surface area contributed by atoms with Gasteiger partial charge >= 0.3 is 0 Å². The normalized spacial score (nSPS) is 12.5. The summed E-state index contributed by atoms with van der Waals surface area (Å²) >= 11 is 1.68. The molecule has 3 rings (SSSR count). The third-order valence-electron chi connectivity index (χ3n) is 3.54. The molecule has 4 heteroatoms. The van der Waals surface area contributed by atoms with Crippen molar-refractivity contribution in [1.29, 1.82) is 0 Å². The van der Waals surface area contributed by atoms with Gasteiger partial charge in [-0.25, -0.2) is 4.98 Å². The van der Waals surface area contributed by atoms with Gasteiger partial charge in [0.1, 0.15) is 10.8 Å². The summed E-state index contributed by atoms with van der Waals surface area (Å²) < 4.78 is 6.48. The van der Waals surface area contributed by atoms with Gasteiger partial charge in [0.25, 0.3) is 0 Å². The second kappa shape index (κ2) is 5.84. The van der Waals surface area contributed by atoms with Gasteiger partial charge in [0.15, 0.2) is 0 Å². The number of fused-ring (bicyclic) bond motifs is 1. The summed E-state index contributed by atoms with van der Waals surface area (Å²) in [7, 11) is 1.69. The van der Waals surface area contributed by atoms with Gasteiger partial charge in [-0.2, -0.15) is 0 Å². The molecule has 1 unspecified atom stereocenters. The summed E-state index contributed by atoms with van der Waals surface area (Å²) in [6.07, 6.45) is 0.782. The standard InChI is InChI=1S/C17H18N2OS/c1-11-9-12(7-8-15(11)20-2)10-13(18)17-19-14-5-3-4-6-16(14)21-17/h3-9,13H,10,18H2,1-2H3. The third kappa shape index (κ3) is 2.91. The van der Waals surface area contributed by atoms with Crippen molar-refractivity contribution in [2.75, 3.05) is 7.11 Å². The molecule has 0 aliphatic heterocycles. The first-order valence-corrected chi connectivity index (χ1v) is 7.73. The summed E-state index contributed by atoms with van der Waals surface area (Å²) in [5, 5.41) is 0.990. The van der Waals surface area contributed by atoms with Crippen molar-refractivity contribution in [3.8, 4) is 5.75 Å². The number of thiazole rings is 1. The van der Waals surface area contributed by atoms with E-state index < -0.39 is 0 Å². The maximum Gasteiger partial charge on any atom is 0.121 e. The zero-order valence-corrected chi connectivity index (χ0v) is 13.0. The average molecular weight is 298 g/mol. The van der Waals surface area contributed by atoms with Crippen molar-refractivity contribution in [2.24, 2.45) is 5.73 Å². The van der Waals surface area contributed by atoms with Gasteiger partial charge in [0, 0.05) is 0 Å². The number of benzene rings is 2. The number of rotatable bonds is 4. The van der Waals surface area contributed by atoms with E-state index in [1.807, 2.05) is 31.2 Å². The predicted molar refractivity (Wildman–Crippen MR) is 88.0 cm³/mol. The van der Waals surface area contributed by atoms with E-state index in [2.05, 4.69) is 23.2 Å². The van der Waals surface area contributed by atoms with Crippen LogP contribution in [0.4, 0.5) is 0 Å². The summed E-state index contributed by atoms with van der Waals surface area (Å²) in [6.45, 7) is 2.05. The number of ether oxygens (including phenoxy) is 1. The van der Waals surface area contributed by atoms with E-state index in [1.54, 1.807) is 18.4 Å². The molecule has 0 amide bonds. The summed E-state index contributed by atoms with van der Waals surface area (Å²) in [6, 6.07) is 14.3. The lowest BCUT2D eigenvalue weighted by Crippen LogP contribution is -2.13. The predicted octanol–water partition coefficient (Wildman–Crippen LogP) is 3.86. The number of hydrogen-bond acceptors (Lipinski definition) is 4. The number of aryl methyl sites for hydroxylation is 1. The number of methoxy groups -OCH3 is 1. The van der Waals surface area contributed by atoms with Crippen LogP contribution < -0.4 is 10.5 Å². The number of para-hydroxylation sites is 1. The van der Waals surface area contributed by atoms with Crippen LogP contribution in [0.15, 0.2) is 42.5 Å². The Morgan fingerprint density at radius 2 is 2.05 bits per heavy atom. The highest BCUT2D eigenvalue weighted by Crippen LogP contribution is 2.28. The lowest BCUT2D eigenvalue weighted by molar-refractivity contribution is 0.411. The van der Waals surface area contributed by atoms with E-state index in [-0.39, 0.29) is 6.04 Å². The molecular weight excluding hydrogens is 280 g/mol. The molecule has 0 fully saturated rings. The molecule has 0 spiro atoms. The second-order valence-electron chi connectivity index (χ2n) is 5.13. The van der Waals surface area contributed by atoms with Gasteiger partial charge < -0.3 is 10.5 Å². The number of nitrogens with two attached hydrogens (primary N) is 1. The maximum absolute atomic E-state index is 6.33. The second-order valence-corrected chi connectivity index (χ2v) is 6.20. The van der Waals surface area contributed by atoms with Crippen LogP contribution in [0.1, 0.15) is 22.2 Å². The van der Waals surface area contributed by atoms with Crippen LogP contribution in [0.3, 0.4) is 0 Å². The molecule has 3 nitrogen and oxygen atoms in total. The zero-order chi connectivity index (χ0) is 14.8. The Kier molecular flexibility index (Phi) is 3.90. The Hall–Kier alpha value is -1.91. The largest absolute Gasteiger partial charge is 0.496 e. The molecule has 1 atom stereocenters. The Morgan fingerprint density at radius 3 is 2.76 bits per heavy atom. The lowest BCUT2D eigenvalue weighted by atomic mass is 10.0. The fourth-order valence-corrected chi connectivity index (χ4v) is 3.43. The van der Waals surface area contributed by atoms with Crippen molar-refractivity contribution in [3.63, 3.8) is 0 Å².